The molecule has 0 radical (unpaired) electrons. The number of aryl methyl sites for hydroxylation is 1. The minimum absolute atomic E-state index is 0.379. The van der Waals surface area contributed by atoms with E-state index in [0.717, 1.165) is 6.42 Å². The van der Waals surface area contributed by atoms with Crippen LogP contribution in [-0.4, -0.2) is 5.97 Å². The van der Waals surface area contributed by atoms with Gasteiger partial charge in [0.25, 0.3) is 0 Å². The number of esters is 1. The second-order valence-electron chi connectivity index (χ2n) is 3.89. The summed E-state index contributed by atoms with van der Waals surface area (Å²) in [4.78, 5) is 11.8. The zero-order chi connectivity index (χ0) is 13.0. The molecule has 0 aliphatic rings. The maximum atomic E-state index is 11.8. The van der Waals surface area contributed by atoms with Crippen molar-refractivity contribution in [3.63, 3.8) is 0 Å². The first-order chi connectivity index (χ1) is 8.69. The van der Waals surface area contributed by atoms with Crippen molar-refractivity contribution in [1.29, 1.82) is 0 Å². The first-order valence-electron chi connectivity index (χ1n) is 5.75. The molecule has 0 aliphatic heterocycles. The molecule has 0 unspecified atom stereocenters. The number of halogens is 1. The minimum Gasteiger partial charge on any atom is -0.423 e. The first-order valence-corrected chi connectivity index (χ1v) is 6.13. The fourth-order valence-electron chi connectivity index (χ4n) is 1.55. The van der Waals surface area contributed by atoms with E-state index >= 15 is 0 Å². The van der Waals surface area contributed by atoms with Crippen LogP contribution < -0.4 is 4.74 Å². The van der Waals surface area contributed by atoms with E-state index in [9.17, 15) is 4.79 Å². The van der Waals surface area contributed by atoms with Gasteiger partial charge >= 0.3 is 5.97 Å². The van der Waals surface area contributed by atoms with E-state index in [4.69, 9.17) is 16.3 Å². The van der Waals surface area contributed by atoms with Crippen molar-refractivity contribution in [3.05, 3.63) is 64.7 Å². The van der Waals surface area contributed by atoms with Crippen molar-refractivity contribution >= 4 is 17.6 Å². The molecule has 0 atom stereocenters. The number of carbonyl (C=O) groups is 1. The summed E-state index contributed by atoms with van der Waals surface area (Å²) in [5.74, 6) is 0.170. The summed E-state index contributed by atoms with van der Waals surface area (Å²) in [7, 11) is 0. The van der Waals surface area contributed by atoms with Gasteiger partial charge in [0.05, 0.1) is 5.56 Å². The molecule has 0 bridgehead atoms. The summed E-state index contributed by atoms with van der Waals surface area (Å²) >= 11 is 5.76. The van der Waals surface area contributed by atoms with Crippen molar-refractivity contribution in [1.82, 2.24) is 0 Å². The van der Waals surface area contributed by atoms with Gasteiger partial charge in [-0.1, -0.05) is 30.7 Å². The van der Waals surface area contributed by atoms with Gasteiger partial charge in [0.2, 0.25) is 0 Å². The Morgan fingerprint density at radius 1 is 1.06 bits per heavy atom. The molecule has 2 aromatic rings. The van der Waals surface area contributed by atoms with E-state index in [0.29, 0.717) is 16.3 Å². The van der Waals surface area contributed by atoms with Crippen molar-refractivity contribution in [2.24, 2.45) is 0 Å². The Hall–Kier alpha value is -1.80. The van der Waals surface area contributed by atoms with E-state index in [1.54, 1.807) is 36.4 Å². The number of carbonyl (C=O) groups excluding carboxylic acids is 1. The molecule has 2 rings (SSSR count). The second-order valence-corrected chi connectivity index (χ2v) is 4.33. The molecule has 0 aromatic heterocycles. The lowest BCUT2D eigenvalue weighted by atomic mass is 10.2. The van der Waals surface area contributed by atoms with E-state index in [1.165, 1.54) is 5.56 Å². The Kier molecular flexibility index (Phi) is 4.00. The Bertz CT molecular complexity index is 529. The highest BCUT2D eigenvalue weighted by Crippen LogP contribution is 2.16. The molecule has 18 heavy (non-hydrogen) atoms. The summed E-state index contributed by atoms with van der Waals surface area (Å²) < 4.78 is 5.26. The Morgan fingerprint density at radius 2 is 1.67 bits per heavy atom. The Morgan fingerprint density at radius 3 is 2.22 bits per heavy atom. The molecule has 0 amide bonds. The van der Waals surface area contributed by atoms with Crippen LogP contribution in [0.15, 0.2) is 48.5 Å². The molecule has 2 nitrogen and oxygen atoms in total. The highest BCUT2D eigenvalue weighted by atomic mass is 35.5. The quantitative estimate of drug-likeness (QED) is 0.613. The predicted octanol–water partition coefficient (Wildman–Crippen LogP) is 4.12. The fraction of sp³-hybridized carbons (Fsp3) is 0.133. The van der Waals surface area contributed by atoms with Gasteiger partial charge in [-0.15, -0.1) is 0 Å². The van der Waals surface area contributed by atoms with Crippen molar-refractivity contribution in [2.75, 3.05) is 0 Å². The van der Waals surface area contributed by atoms with Gasteiger partial charge in [0, 0.05) is 5.02 Å². The number of hydrogen-bond acceptors (Lipinski definition) is 2. The number of hydrogen-bond donors (Lipinski definition) is 0. The molecular formula is C15H13ClO2. The van der Waals surface area contributed by atoms with E-state index in [1.807, 2.05) is 12.1 Å². The van der Waals surface area contributed by atoms with Gasteiger partial charge < -0.3 is 4.74 Å². The van der Waals surface area contributed by atoms with Crippen LogP contribution in [0.3, 0.4) is 0 Å². The predicted molar refractivity (Wildman–Crippen MR) is 72.2 cm³/mol. The SMILES string of the molecule is CCc1ccc(OC(=O)c2ccc(Cl)cc2)cc1. The summed E-state index contributed by atoms with van der Waals surface area (Å²) in [6.45, 7) is 2.08. The van der Waals surface area contributed by atoms with Crippen LogP contribution >= 0.6 is 11.6 Å². The van der Waals surface area contributed by atoms with Gasteiger partial charge in [-0.2, -0.15) is 0 Å². The van der Waals surface area contributed by atoms with E-state index in [-0.39, 0.29) is 5.97 Å². The van der Waals surface area contributed by atoms with Crippen LogP contribution in [0.25, 0.3) is 0 Å². The van der Waals surface area contributed by atoms with Crippen LogP contribution in [-0.2, 0) is 6.42 Å². The third-order valence-corrected chi connectivity index (χ3v) is 2.87. The lowest BCUT2D eigenvalue weighted by molar-refractivity contribution is 0.0735. The molecule has 0 heterocycles. The lowest BCUT2D eigenvalue weighted by Gasteiger charge is -2.05. The molecule has 0 fully saturated rings. The van der Waals surface area contributed by atoms with Crippen LogP contribution in [0, 0.1) is 0 Å². The summed E-state index contributed by atoms with van der Waals surface area (Å²) in [6, 6.07) is 14.1. The van der Waals surface area contributed by atoms with Crippen LogP contribution in [0.2, 0.25) is 5.02 Å². The molecule has 3 heteroatoms. The van der Waals surface area contributed by atoms with Gasteiger partial charge in [0.1, 0.15) is 5.75 Å². The lowest BCUT2D eigenvalue weighted by Crippen LogP contribution is -2.08. The third kappa shape index (κ3) is 3.11. The number of rotatable bonds is 3. The normalized spacial score (nSPS) is 10.1. The van der Waals surface area contributed by atoms with Crippen LogP contribution in [0.4, 0.5) is 0 Å². The Balaban J connectivity index is 2.08. The standard InChI is InChI=1S/C15H13ClO2/c1-2-11-3-9-14(10-4-11)18-15(17)12-5-7-13(16)8-6-12/h3-10H,2H2,1H3. The Labute approximate surface area is 111 Å². The second kappa shape index (κ2) is 5.69. The monoisotopic (exact) mass is 260 g/mol. The summed E-state index contributed by atoms with van der Waals surface area (Å²) in [5.41, 5.74) is 1.69. The molecule has 2 aromatic carbocycles. The highest BCUT2D eigenvalue weighted by molar-refractivity contribution is 6.30. The van der Waals surface area contributed by atoms with Gasteiger partial charge in [-0.05, 0) is 48.4 Å². The summed E-state index contributed by atoms with van der Waals surface area (Å²) in [6.07, 6.45) is 0.964. The van der Waals surface area contributed by atoms with Crippen molar-refractivity contribution < 1.29 is 9.53 Å². The summed E-state index contributed by atoms with van der Waals surface area (Å²) in [5, 5.41) is 0.596. The van der Waals surface area contributed by atoms with Gasteiger partial charge in [-0.3, -0.25) is 0 Å². The smallest absolute Gasteiger partial charge is 0.343 e. The minimum atomic E-state index is -0.379. The maximum absolute atomic E-state index is 11.8. The van der Waals surface area contributed by atoms with E-state index in [2.05, 4.69) is 6.92 Å². The highest BCUT2D eigenvalue weighted by Gasteiger charge is 2.07. The number of ether oxygens (including phenoxy) is 1. The molecule has 0 saturated heterocycles. The molecule has 0 spiro atoms. The van der Waals surface area contributed by atoms with Gasteiger partial charge in [-0.25, -0.2) is 4.79 Å². The zero-order valence-corrected chi connectivity index (χ0v) is 10.8. The van der Waals surface area contributed by atoms with Crippen molar-refractivity contribution in [2.45, 2.75) is 13.3 Å². The fourth-order valence-corrected chi connectivity index (χ4v) is 1.67. The molecular weight excluding hydrogens is 248 g/mol. The average molecular weight is 261 g/mol. The average Bonchev–Trinajstić information content (AvgIpc) is 2.40. The molecule has 92 valence electrons. The number of benzene rings is 2. The van der Waals surface area contributed by atoms with Gasteiger partial charge in [0.15, 0.2) is 0 Å². The largest absolute Gasteiger partial charge is 0.423 e. The first kappa shape index (κ1) is 12.7. The topological polar surface area (TPSA) is 26.3 Å². The third-order valence-electron chi connectivity index (χ3n) is 2.62. The maximum Gasteiger partial charge on any atom is 0.343 e. The molecule has 0 N–H and O–H groups in total. The molecule has 0 saturated carbocycles. The molecule has 0 aliphatic carbocycles. The zero-order valence-electron chi connectivity index (χ0n) is 10.0. The van der Waals surface area contributed by atoms with E-state index < -0.39 is 0 Å². The van der Waals surface area contributed by atoms with Crippen molar-refractivity contribution in [3.8, 4) is 5.75 Å². The van der Waals surface area contributed by atoms with Crippen LogP contribution in [0.5, 0.6) is 5.75 Å². The van der Waals surface area contributed by atoms with Crippen LogP contribution in [0.1, 0.15) is 22.8 Å².